The van der Waals surface area contributed by atoms with Crippen molar-refractivity contribution in [3.8, 4) is 0 Å². The van der Waals surface area contributed by atoms with Crippen molar-refractivity contribution in [3.63, 3.8) is 0 Å². The van der Waals surface area contributed by atoms with Crippen LogP contribution >= 0.6 is 0 Å². The van der Waals surface area contributed by atoms with Crippen LogP contribution in [-0.4, -0.2) is 54.0 Å². The van der Waals surface area contributed by atoms with Crippen molar-refractivity contribution in [2.45, 2.75) is 90.9 Å². The lowest BCUT2D eigenvalue weighted by molar-refractivity contribution is 0.276. The van der Waals surface area contributed by atoms with Gasteiger partial charge in [0.05, 0.1) is 0 Å². The molecule has 152 valence electrons. The third-order valence-electron chi connectivity index (χ3n) is 3.79. The first-order valence-electron chi connectivity index (χ1n) is 9.22. The molecule has 0 aliphatic rings. The van der Waals surface area contributed by atoms with Gasteiger partial charge in [0.15, 0.2) is 16.6 Å². The van der Waals surface area contributed by atoms with E-state index in [0.717, 1.165) is 6.42 Å². The van der Waals surface area contributed by atoms with Crippen molar-refractivity contribution < 1.29 is 21.6 Å². The van der Waals surface area contributed by atoms with Crippen molar-refractivity contribution in [1.82, 2.24) is 0 Å². The molecule has 0 heterocycles. The molecule has 0 radical (unpaired) electrons. The molecule has 0 aliphatic carbocycles. The molecule has 0 aromatic carbocycles. The van der Waals surface area contributed by atoms with E-state index < -0.39 is 42.3 Å². The van der Waals surface area contributed by atoms with Gasteiger partial charge in [0, 0.05) is 6.61 Å². The summed E-state index contributed by atoms with van der Waals surface area (Å²) in [6, 6.07) is 0. The predicted octanol–water partition coefficient (Wildman–Crippen LogP) is 4.97. The SMILES string of the molecule is CC(CCO)[Si](C)(C)O[Si](C)(C)O[Si](C)(C)O[Si](C)(C)O[Si](C)(C)C. The molecule has 0 rings (SSSR count). The molecule has 0 saturated heterocycles. The fourth-order valence-corrected chi connectivity index (χ4v) is 27.0. The zero-order chi connectivity index (χ0) is 20.3. The Morgan fingerprint density at radius 1 is 0.640 bits per heavy atom. The van der Waals surface area contributed by atoms with Crippen LogP contribution in [0.3, 0.4) is 0 Å². The van der Waals surface area contributed by atoms with Gasteiger partial charge in [-0.2, -0.15) is 0 Å². The molecule has 0 bridgehead atoms. The molecule has 1 unspecified atom stereocenters. The Balaban J connectivity index is 5.01. The van der Waals surface area contributed by atoms with Gasteiger partial charge in [-0.1, -0.05) is 6.92 Å². The summed E-state index contributed by atoms with van der Waals surface area (Å²) in [6.45, 7) is 26.0. The fourth-order valence-electron chi connectivity index (χ4n) is 3.26. The Labute approximate surface area is 161 Å². The van der Waals surface area contributed by atoms with Gasteiger partial charge in [0.2, 0.25) is 0 Å². The minimum atomic E-state index is -2.36. The summed E-state index contributed by atoms with van der Waals surface area (Å²) in [7, 11) is -10.5. The Morgan fingerprint density at radius 3 is 1.36 bits per heavy atom. The minimum Gasteiger partial charge on any atom is -0.437 e. The lowest BCUT2D eigenvalue weighted by Crippen LogP contribution is -2.58. The predicted molar refractivity (Wildman–Crippen MR) is 119 cm³/mol. The number of hydrogen-bond donors (Lipinski definition) is 1. The van der Waals surface area contributed by atoms with E-state index in [0.29, 0.717) is 5.54 Å². The zero-order valence-electron chi connectivity index (χ0n) is 18.6. The molecule has 10 heteroatoms. The van der Waals surface area contributed by atoms with E-state index in [1.807, 2.05) is 0 Å². The van der Waals surface area contributed by atoms with E-state index in [9.17, 15) is 5.11 Å². The molecule has 0 amide bonds. The molecule has 0 saturated carbocycles. The smallest absolute Gasteiger partial charge is 0.314 e. The fraction of sp³-hybridized carbons (Fsp3) is 1.00. The third-order valence-corrected chi connectivity index (χ3v) is 22.8. The monoisotopic (exact) mass is 442 g/mol. The van der Waals surface area contributed by atoms with Gasteiger partial charge >= 0.3 is 25.7 Å². The highest BCUT2D eigenvalue weighted by molar-refractivity contribution is 6.90. The van der Waals surface area contributed by atoms with Crippen LogP contribution in [0.1, 0.15) is 13.3 Å². The highest BCUT2D eigenvalue weighted by Gasteiger charge is 2.46. The zero-order valence-corrected chi connectivity index (χ0v) is 23.6. The molecule has 5 nitrogen and oxygen atoms in total. The average Bonchev–Trinajstić information content (AvgIpc) is 2.19. The van der Waals surface area contributed by atoms with Crippen molar-refractivity contribution in [3.05, 3.63) is 0 Å². The van der Waals surface area contributed by atoms with E-state index in [-0.39, 0.29) is 6.61 Å². The van der Waals surface area contributed by atoms with Crippen molar-refractivity contribution in [2.75, 3.05) is 6.61 Å². The van der Waals surface area contributed by atoms with Gasteiger partial charge in [-0.25, -0.2) is 0 Å². The maximum atomic E-state index is 9.23. The van der Waals surface area contributed by atoms with Crippen molar-refractivity contribution in [1.29, 1.82) is 0 Å². The van der Waals surface area contributed by atoms with Gasteiger partial charge in [-0.15, -0.1) is 0 Å². The highest BCUT2D eigenvalue weighted by atomic mass is 28.5. The first-order valence-corrected chi connectivity index (χ1v) is 24.1. The van der Waals surface area contributed by atoms with Crippen LogP contribution in [0.15, 0.2) is 0 Å². The van der Waals surface area contributed by atoms with Crippen LogP contribution in [0.2, 0.25) is 77.6 Å². The molecule has 0 spiro atoms. The summed E-state index contributed by atoms with van der Waals surface area (Å²) < 4.78 is 25.9. The lowest BCUT2D eigenvalue weighted by atomic mass is 10.3. The summed E-state index contributed by atoms with van der Waals surface area (Å²) in [5, 5.41) is 9.23. The van der Waals surface area contributed by atoms with Crippen LogP contribution < -0.4 is 0 Å². The van der Waals surface area contributed by atoms with E-state index in [4.69, 9.17) is 16.5 Å². The van der Waals surface area contributed by atoms with Crippen LogP contribution in [0.5, 0.6) is 0 Å². The molecule has 0 aromatic rings. The van der Waals surface area contributed by atoms with Gasteiger partial charge < -0.3 is 21.6 Å². The molecular weight excluding hydrogens is 401 g/mol. The van der Waals surface area contributed by atoms with E-state index >= 15 is 0 Å². The second-order valence-corrected chi connectivity index (χ2v) is 29.8. The van der Waals surface area contributed by atoms with Crippen molar-refractivity contribution in [2.24, 2.45) is 0 Å². The summed E-state index contributed by atoms with van der Waals surface area (Å²) in [5.74, 6) is 0. The number of aliphatic hydroxyl groups is 1. The first kappa shape index (κ1) is 25.9. The molecular formula is C15H42O5Si5. The second kappa shape index (κ2) is 8.92. The first-order chi connectivity index (χ1) is 10.8. The normalized spacial score (nSPS) is 16.2. The van der Waals surface area contributed by atoms with Gasteiger partial charge in [-0.05, 0) is 84.0 Å². The van der Waals surface area contributed by atoms with E-state index in [1.165, 1.54) is 0 Å². The average molecular weight is 443 g/mol. The van der Waals surface area contributed by atoms with Crippen LogP contribution in [0.25, 0.3) is 0 Å². The van der Waals surface area contributed by atoms with E-state index in [1.54, 1.807) is 0 Å². The van der Waals surface area contributed by atoms with Gasteiger partial charge in [0.25, 0.3) is 0 Å². The highest BCUT2D eigenvalue weighted by Crippen LogP contribution is 2.31. The molecule has 0 aromatic heterocycles. The second-order valence-electron chi connectivity index (χ2n) is 9.74. The lowest BCUT2D eigenvalue weighted by Gasteiger charge is -2.43. The van der Waals surface area contributed by atoms with Crippen LogP contribution in [0, 0.1) is 0 Å². The van der Waals surface area contributed by atoms with Crippen molar-refractivity contribution >= 4 is 42.3 Å². The summed E-state index contributed by atoms with van der Waals surface area (Å²) in [4.78, 5) is 0. The Hall–Kier alpha value is 0.884. The minimum absolute atomic E-state index is 0.209. The Morgan fingerprint density at radius 2 is 1.00 bits per heavy atom. The quantitative estimate of drug-likeness (QED) is 0.458. The van der Waals surface area contributed by atoms with Gasteiger partial charge in [-0.3, -0.25) is 0 Å². The topological polar surface area (TPSA) is 57.2 Å². The maximum absolute atomic E-state index is 9.23. The standard InChI is InChI=1S/C15H42O5Si5/c1-15(13-14-16)22(5,6)18-24(9,10)20-25(11,12)19-23(7,8)17-21(2,3)4/h15-16H,13-14H2,1-12H3. The Kier molecular flexibility index (Phi) is 9.24. The third kappa shape index (κ3) is 11.4. The molecule has 0 fully saturated rings. The number of aliphatic hydroxyl groups excluding tert-OH is 1. The molecule has 1 atom stereocenters. The molecule has 1 N–H and O–H groups in total. The number of rotatable bonds is 11. The largest absolute Gasteiger partial charge is 0.437 e. The summed E-state index contributed by atoms with van der Waals surface area (Å²) in [6.07, 6.45) is 0.783. The maximum Gasteiger partial charge on any atom is 0.314 e. The van der Waals surface area contributed by atoms with Crippen LogP contribution in [-0.2, 0) is 16.5 Å². The summed E-state index contributed by atoms with van der Waals surface area (Å²) >= 11 is 0. The summed E-state index contributed by atoms with van der Waals surface area (Å²) in [5.41, 5.74) is 0.389. The van der Waals surface area contributed by atoms with Crippen LogP contribution in [0.4, 0.5) is 0 Å². The van der Waals surface area contributed by atoms with Gasteiger partial charge in [0.1, 0.15) is 0 Å². The van der Waals surface area contributed by atoms with E-state index in [2.05, 4.69) is 78.9 Å². The Bertz CT molecular complexity index is 421. The molecule has 25 heavy (non-hydrogen) atoms. The molecule has 0 aliphatic heterocycles. The number of hydrogen-bond acceptors (Lipinski definition) is 5.